The van der Waals surface area contributed by atoms with Crippen LogP contribution in [-0.2, 0) is 10.0 Å². The van der Waals surface area contributed by atoms with Gasteiger partial charge in [0.2, 0.25) is 10.0 Å². The molecule has 0 radical (unpaired) electrons. The van der Waals surface area contributed by atoms with Crippen LogP contribution in [0.3, 0.4) is 0 Å². The summed E-state index contributed by atoms with van der Waals surface area (Å²) in [5.74, 6) is 0.621. The normalized spacial score (nSPS) is 13.1. The summed E-state index contributed by atoms with van der Waals surface area (Å²) < 4.78 is 30.9. The Kier molecular flexibility index (Phi) is 4.98. The highest BCUT2D eigenvalue weighted by Crippen LogP contribution is 2.24. The first-order chi connectivity index (χ1) is 8.47. The van der Waals surface area contributed by atoms with Crippen LogP contribution in [-0.4, -0.2) is 34.4 Å². The molecular formula is C12H20N2O3S. The average molecular weight is 272 g/mol. The Morgan fingerprint density at radius 3 is 2.61 bits per heavy atom. The molecule has 0 aliphatic rings. The van der Waals surface area contributed by atoms with Gasteiger partial charge in [-0.1, -0.05) is 13.0 Å². The highest BCUT2D eigenvalue weighted by molar-refractivity contribution is 7.93. The number of rotatable bonds is 6. The van der Waals surface area contributed by atoms with Crippen LogP contribution in [0.5, 0.6) is 5.75 Å². The van der Waals surface area contributed by atoms with Gasteiger partial charge in [0.05, 0.1) is 18.0 Å². The van der Waals surface area contributed by atoms with E-state index in [1.807, 2.05) is 6.92 Å². The molecule has 1 aromatic rings. The van der Waals surface area contributed by atoms with Crippen LogP contribution in [0.1, 0.15) is 13.3 Å². The molecule has 0 fully saturated rings. The van der Waals surface area contributed by atoms with Crippen molar-refractivity contribution in [3.05, 3.63) is 24.3 Å². The fourth-order valence-corrected chi connectivity index (χ4v) is 3.19. The molecule has 0 aromatic heterocycles. The van der Waals surface area contributed by atoms with E-state index < -0.39 is 15.3 Å². The van der Waals surface area contributed by atoms with Crippen molar-refractivity contribution in [2.45, 2.75) is 18.6 Å². The van der Waals surface area contributed by atoms with Crippen LogP contribution >= 0.6 is 0 Å². The lowest BCUT2D eigenvalue weighted by Gasteiger charge is -2.24. The van der Waals surface area contributed by atoms with Crippen LogP contribution in [0.25, 0.3) is 0 Å². The minimum Gasteiger partial charge on any atom is -0.497 e. The van der Waals surface area contributed by atoms with Gasteiger partial charge in [0, 0.05) is 19.7 Å². The number of hydrogen-bond acceptors (Lipinski definition) is 4. The van der Waals surface area contributed by atoms with Gasteiger partial charge in [-0.05, 0) is 18.6 Å². The minimum atomic E-state index is -3.43. The Morgan fingerprint density at radius 2 is 2.11 bits per heavy atom. The average Bonchev–Trinajstić information content (AvgIpc) is 2.39. The summed E-state index contributed by atoms with van der Waals surface area (Å²) in [5.41, 5.74) is 6.08. The number of ether oxygens (including phenoxy) is 1. The van der Waals surface area contributed by atoms with Crippen molar-refractivity contribution in [1.29, 1.82) is 0 Å². The lowest BCUT2D eigenvalue weighted by Crippen LogP contribution is -2.40. The molecule has 0 bridgehead atoms. The van der Waals surface area contributed by atoms with Gasteiger partial charge in [0.15, 0.2) is 0 Å². The molecular weight excluding hydrogens is 252 g/mol. The summed E-state index contributed by atoms with van der Waals surface area (Å²) in [6.07, 6.45) is 0.493. The van der Waals surface area contributed by atoms with Crippen LogP contribution < -0.4 is 14.8 Å². The SMILES string of the molecule is CCC(CN)S(=O)(=O)N(C)c1cccc(OC)c1. The quantitative estimate of drug-likeness (QED) is 0.844. The molecule has 6 heteroatoms. The Labute approximate surface area is 109 Å². The highest BCUT2D eigenvalue weighted by Gasteiger charge is 2.27. The van der Waals surface area contributed by atoms with E-state index in [0.717, 1.165) is 0 Å². The number of sulfonamides is 1. The second kappa shape index (κ2) is 6.06. The van der Waals surface area contributed by atoms with E-state index in [0.29, 0.717) is 17.9 Å². The Morgan fingerprint density at radius 1 is 1.44 bits per heavy atom. The van der Waals surface area contributed by atoms with Crippen molar-refractivity contribution in [2.24, 2.45) is 5.73 Å². The monoisotopic (exact) mass is 272 g/mol. The molecule has 0 heterocycles. The number of anilines is 1. The first kappa shape index (κ1) is 14.8. The molecule has 5 nitrogen and oxygen atoms in total. The van der Waals surface area contributed by atoms with Gasteiger partial charge in [0.1, 0.15) is 5.75 Å². The molecule has 0 aliphatic carbocycles. The van der Waals surface area contributed by atoms with E-state index >= 15 is 0 Å². The number of nitrogens with two attached hydrogens (primary N) is 1. The Balaban J connectivity index is 3.08. The van der Waals surface area contributed by atoms with Crippen molar-refractivity contribution in [3.8, 4) is 5.75 Å². The molecule has 1 aromatic carbocycles. The Hall–Kier alpha value is -1.27. The van der Waals surface area contributed by atoms with E-state index in [2.05, 4.69) is 0 Å². The van der Waals surface area contributed by atoms with Crippen molar-refractivity contribution in [2.75, 3.05) is 25.0 Å². The third-order valence-electron chi connectivity index (χ3n) is 2.94. The highest BCUT2D eigenvalue weighted by atomic mass is 32.2. The number of hydrogen-bond donors (Lipinski definition) is 1. The molecule has 0 saturated heterocycles. The van der Waals surface area contributed by atoms with E-state index in [4.69, 9.17) is 10.5 Å². The third-order valence-corrected chi connectivity index (χ3v) is 5.28. The van der Waals surface area contributed by atoms with Gasteiger partial charge < -0.3 is 10.5 Å². The van der Waals surface area contributed by atoms with Crippen LogP contribution in [0.2, 0.25) is 0 Å². The zero-order chi connectivity index (χ0) is 13.8. The van der Waals surface area contributed by atoms with E-state index in [1.165, 1.54) is 11.4 Å². The summed E-state index contributed by atoms with van der Waals surface area (Å²) in [4.78, 5) is 0. The second-order valence-electron chi connectivity index (χ2n) is 3.98. The predicted molar refractivity (Wildman–Crippen MR) is 73.5 cm³/mol. The topological polar surface area (TPSA) is 72.6 Å². The molecule has 0 amide bonds. The first-order valence-electron chi connectivity index (χ1n) is 5.79. The van der Waals surface area contributed by atoms with Crippen LogP contribution in [0.4, 0.5) is 5.69 Å². The minimum absolute atomic E-state index is 0.118. The second-order valence-corrected chi connectivity index (χ2v) is 6.22. The largest absolute Gasteiger partial charge is 0.497 e. The number of nitrogens with zero attached hydrogens (tertiary/aromatic N) is 1. The zero-order valence-electron chi connectivity index (χ0n) is 11.0. The maximum absolute atomic E-state index is 12.3. The first-order valence-corrected chi connectivity index (χ1v) is 7.29. The zero-order valence-corrected chi connectivity index (χ0v) is 11.8. The van der Waals surface area contributed by atoms with E-state index in [9.17, 15) is 8.42 Å². The maximum atomic E-state index is 12.3. The van der Waals surface area contributed by atoms with Gasteiger partial charge in [-0.15, -0.1) is 0 Å². The summed E-state index contributed by atoms with van der Waals surface area (Å²) >= 11 is 0. The maximum Gasteiger partial charge on any atom is 0.239 e. The van der Waals surface area contributed by atoms with Crippen molar-refractivity contribution in [1.82, 2.24) is 0 Å². The van der Waals surface area contributed by atoms with Crippen molar-refractivity contribution in [3.63, 3.8) is 0 Å². The molecule has 0 saturated carbocycles. The molecule has 0 aliphatic heterocycles. The molecule has 102 valence electrons. The van der Waals surface area contributed by atoms with E-state index in [1.54, 1.807) is 31.4 Å². The van der Waals surface area contributed by atoms with Gasteiger partial charge >= 0.3 is 0 Å². The summed E-state index contributed by atoms with van der Waals surface area (Å²) in [6.45, 7) is 1.93. The van der Waals surface area contributed by atoms with Crippen LogP contribution in [0.15, 0.2) is 24.3 Å². The molecule has 1 rings (SSSR count). The molecule has 18 heavy (non-hydrogen) atoms. The smallest absolute Gasteiger partial charge is 0.239 e. The van der Waals surface area contributed by atoms with Crippen LogP contribution in [0, 0.1) is 0 Å². The lowest BCUT2D eigenvalue weighted by molar-refractivity contribution is 0.415. The van der Waals surface area contributed by atoms with Gasteiger partial charge in [-0.3, -0.25) is 4.31 Å². The lowest BCUT2D eigenvalue weighted by atomic mass is 10.3. The summed E-state index contributed by atoms with van der Waals surface area (Å²) in [5, 5.41) is -0.561. The summed E-state index contributed by atoms with van der Waals surface area (Å²) in [6, 6.07) is 6.93. The molecule has 2 N–H and O–H groups in total. The predicted octanol–water partition coefficient (Wildman–Crippen LogP) is 1.20. The molecule has 1 atom stereocenters. The van der Waals surface area contributed by atoms with Gasteiger partial charge in [-0.25, -0.2) is 8.42 Å². The Bertz CT molecular complexity index is 484. The fourth-order valence-electron chi connectivity index (χ4n) is 1.68. The van der Waals surface area contributed by atoms with E-state index in [-0.39, 0.29) is 6.54 Å². The number of benzene rings is 1. The van der Waals surface area contributed by atoms with Crippen molar-refractivity contribution >= 4 is 15.7 Å². The molecule has 1 unspecified atom stereocenters. The molecule has 0 spiro atoms. The number of methoxy groups -OCH3 is 1. The third kappa shape index (κ3) is 2.94. The van der Waals surface area contributed by atoms with Gasteiger partial charge in [0.25, 0.3) is 0 Å². The summed E-state index contributed by atoms with van der Waals surface area (Å²) in [7, 11) is -0.352. The van der Waals surface area contributed by atoms with Crippen molar-refractivity contribution < 1.29 is 13.2 Å². The fraction of sp³-hybridized carbons (Fsp3) is 0.500. The van der Waals surface area contributed by atoms with Gasteiger partial charge in [-0.2, -0.15) is 0 Å². The standard InChI is InChI=1S/C12H20N2O3S/c1-4-12(9-13)18(15,16)14(2)10-6-5-7-11(8-10)17-3/h5-8,12H,4,9,13H2,1-3H3.